The predicted molar refractivity (Wildman–Crippen MR) is 85.9 cm³/mol. The lowest BCUT2D eigenvalue weighted by atomic mass is 10.1. The maximum atomic E-state index is 10.9. The summed E-state index contributed by atoms with van der Waals surface area (Å²) < 4.78 is 5.72. The van der Waals surface area contributed by atoms with Crippen molar-refractivity contribution in [2.75, 3.05) is 12.4 Å². The number of anilines is 1. The Balaban J connectivity index is 2.15. The molecule has 0 saturated heterocycles. The van der Waals surface area contributed by atoms with E-state index in [-0.39, 0.29) is 5.69 Å². The van der Waals surface area contributed by atoms with Gasteiger partial charge in [-0.3, -0.25) is 10.1 Å². The first-order valence-electron chi connectivity index (χ1n) is 6.33. The van der Waals surface area contributed by atoms with E-state index in [9.17, 15) is 10.1 Å². The van der Waals surface area contributed by atoms with E-state index < -0.39 is 4.92 Å². The van der Waals surface area contributed by atoms with Crippen LogP contribution in [0, 0.1) is 17.0 Å². The van der Waals surface area contributed by atoms with Crippen LogP contribution in [0.1, 0.15) is 11.1 Å². The van der Waals surface area contributed by atoms with Gasteiger partial charge >= 0.3 is 0 Å². The highest BCUT2D eigenvalue weighted by Gasteiger charge is 2.14. The Hall–Kier alpha value is -2.08. The second-order valence-corrected chi connectivity index (χ2v) is 5.34. The van der Waals surface area contributed by atoms with Crippen molar-refractivity contribution in [2.45, 2.75) is 13.5 Å². The molecule has 0 atom stereocenters. The third-order valence-corrected chi connectivity index (χ3v) is 4.05. The zero-order valence-electron chi connectivity index (χ0n) is 11.7. The Morgan fingerprint density at radius 1 is 1.33 bits per heavy atom. The molecule has 0 aliphatic heterocycles. The summed E-state index contributed by atoms with van der Waals surface area (Å²) >= 11 is 3.29. The molecule has 2 rings (SSSR count). The minimum absolute atomic E-state index is 0.0696. The van der Waals surface area contributed by atoms with Crippen LogP contribution in [-0.4, -0.2) is 12.0 Å². The molecule has 0 aromatic heterocycles. The summed E-state index contributed by atoms with van der Waals surface area (Å²) in [5.74, 6) is 0.831. The lowest BCUT2D eigenvalue weighted by Crippen LogP contribution is -2.02. The van der Waals surface area contributed by atoms with Gasteiger partial charge in [0, 0.05) is 18.3 Å². The Morgan fingerprint density at radius 3 is 2.71 bits per heavy atom. The number of nitro benzene ring substituents is 1. The zero-order chi connectivity index (χ0) is 15.4. The van der Waals surface area contributed by atoms with E-state index in [1.165, 1.54) is 6.07 Å². The maximum absolute atomic E-state index is 10.9. The Morgan fingerprint density at radius 2 is 2.10 bits per heavy atom. The standard InChI is InChI=1S/C15H15BrN2O3/c1-10-8-12(6-7-14(10)21-2)17-9-11-4-3-5-13(15(11)16)18(19)20/h3-8,17H,9H2,1-2H3. The van der Waals surface area contributed by atoms with Crippen molar-refractivity contribution in [3.8, 4) is 5.75 Å². The minimum Gasteiger partial charge on any atom is -0.496 e. The quantitative estimate of drug-likeness (QED) is 0.645. The Bertz CT molecular complexity index is 674. The largest absolute Gasteiger partial charge is 0.496 e. The van der Waals surface area contributed by atoms with Gasteiger partial charge in [0.25, 0.3) is 5.69 Å². The lowest BCUT2D eigenvalue weighted by molar-refractivity contribution is -0.385. The fourth-order valence-corrected chi connectivity index (χ4v) is 2.58. The average Bonchev–Trinajstić information content (AvgIpc) is 2.46. The van der Waals surface area contributed by atoms with Crippen molar-refractivity contribution in [2.24, 2.45) is 0 Å². The lowest BCUT2D eigenvalue weighted by Gasteiger charge is -2.11. The third-order valence-electron chi connectivity index (χ3n) is 3.13. The van der Waals surface area contributed by atoms with Gasteiger partial charge in [-0.05, 0) is 52.2 Å². The Labute approximate surface area is 131 Å². The summed E-state index contributed by atoms with van der Waals surface area (Å²) in [6, 6.07) is 10.8. The molecule has 0 heterocycles. The van der Waals surface area contributed by atoms with Crippen molar-refractivity contribution in [1.29, 1.82) is 0 Å². The van der Waals surface area contributed by atoms with Crippen LogP contribution >= 0.6 is 15.9 Å². The van der Waals surface area contributed by atoms with Gasteiger partial charge in [-0.1, -0.05) is 12.1 Å². The number of halogens is 1. The summed E-state index contributed by atoms with van der Waals surface area (Å²) in [6.45, 7) is 2.46. The van der Waals surface area contributed by atoms with Crippen molar-refractivity contribution >= 4 is 27.3 Å². The van der Waals surface area contributed by atoms with Gasteiger partial charge in [0.05, 0.1) is 12.0 Å². The minimum atomic E-state index is -0.398. The van der Waals surface area contributed by atoms with Gasteiger partial charge in [0.15, 0.2) is 0 Å². The molecule has 0 unspecified atom stereocenters. The number of hydrogen-bond donors (Lipinski definition) is 1. The first-order valence-corrected chi connectivity index (χ1v) is 7.12. The molecule has 21 heavy (non-hydrogen) atoms. The predicted octanol–water partition coefficient (Wildman–Crippen LogP) is 4.29. The summed E-state index contributed by atoms with van der Waals surface area (Å²) in [5.41, 5.74) is 2.87. The molecule has 0 amide bonds. The molecule has 6 heteroatoms. The van der Waals surface area contributed by atoms with Crippen molar-refractivity contribution in [1.82, 2.24) is 0 Å². The molecular formula is C15H15BrN2O3. The second-order valence-electron chi connectivity index (χ2n) is 4.55. The highest BCUT2D eigenvalue weighted by molar-refractivity contribution is 9.10. The molecule has 0 bridgehead atoms. The first-order chi connectivity index (χ1) is 10.0. The smallest absolute Gasteiger partial charge is 0.283 e. The van der Waals surface area contributed by atoms with Crippen LogP contribution in [0.4, 0.5) is 11.4 Å². The number of nitrogens with one attached hydrogen (secondary N) is 1. The van der Waals surface area contributed by atoms with Crippen molar-refractivity contribution in [3.05, 3.63) is 62.1 Å². The Kier molecular flexibility index (Phi) is 4.80. The van der Waals surface area contributed by atoms with Gasteiger partial charge in [0.2, 0.25) is 0 Å². The summed E-state index contributed by atoms with van der Waals surface area (Å²) in [6.07, 6.45) is 0. The normalized spacial score (nSPS) is 10.2. The molecule has 0 saturated carbocycles. The highest BCUT2D eigenvalue weighted by Crippen LogP contribution is 2.29. The highest BCUT2D eigenvalue weighted by atomic mass is 79.9. The van der Waals surface area contributed by atoms with Crippen LogP contribution in [0.25, 0.3) is 0 Å². The van der Waals surface area contributed by atoms with Gasteiger partial charge in [-0.2, -0.15) is 0 Å². The number of nitrogens with zero attached hydrogens (tertiary/aromatic N) is 1. The van der Waals surface area contributed by atoms with E-state index in [4.69, 9.17) is 4.74 Å². The summed E-state index contributed by atoms with van der Waals surface area (Å²) in [4.78, 5) is 10.5. The number of methoxy groups -OCH3 is 1. The van der Waals surface area contributed by atoms with Gasteiger partial charge < -0.3 is 10.1 Å². The number of ether oxygens (including phenoxy) is 1. The fraction of sp³-hybridized carbons (Fsp3) is 0.200. The molecule has 2 aromatic carbocycles. The maximum Gasteiger partial charge on any atom is 0.283 e. The number of hydrogen-bond acceptors (Lipinski definition) is 4. The molecule has 1 N–H and O–H groups in total. The van der Waals surface area contributed by atoms with Crippen molar-refractivity contribution < 1.29 is 9.66 Å². The van der Waals surface area contributed by atoms with E-state index in [1.54, 1.807) is 13.2 Å². The van der Waals surface area contributed by atoms with Crippen LogP contribution in [-0.2, 0) is 6.54 Å². The molecular weight excluding hydrogens is 336 g/mol. The van der Waals surface area contributed by atoms with Crippen LogP contribution in [0.3, 0.4) is 0 Å². The molecule has 0 spiro atoms. The fourth-order valence-electron chi connectivity index (χ4n) is 2.03. The van der Waals surface area contributed by atoms with Gasteiger partial charge in [-0.15, -0.1) is 0 Å². The van der Waals surface area contributed by atoms with E-state index in [0.29, 0.717) is 11.0 Å². The molecule has 0 radical (unpaired) electrons. The van der Waals surface area contributed by atoms with E-state index in [0.717, 1.165) is 22.6 Å². The van der Waals surface area contributed by atoms with Crippen LogP contribution in [0.5, 0.6) is 5.75 Å². The molecule has 0 aliphatic carbocycles. The number of nitro groups is 1. The van der Waals surface area contributed by atoms with E-state index >= 15 is 0 Å². The van der Waals surface area contributed by atoms with Crippen LogP contribution < -0.4 is 10.1 Å². The van der Waals surface area contributed by atoms with Gasteiger partial charge in [0.1, 0.15) is 10.2 Å². The topological polar surface area (TPSA) is 64.4 Å². The number of benzene rings is 2. The summed E-state index contributed by atoms with van der Waals surface area (Å²) in [5, 5.41) is 14.2. The molecule has 0 aliphatic rings. The van der Waals surface area contributed by atoms with E-state index in [2.05, 4.69) is 21.2 Å². The average molecular weight is 351 g/mol. The molecule has 2 aromatic rings. The molecule has 0 fully saturated rings. The SMILES string of the molecule is COc1ccc(NCc2cccc([N+](=O)[O-])c2Br)cc1C. The van der Waals surface area contributed by atoms with Crippen molar-refractivity contribution in [3.63, 3.8) is 0 Å². The van der Waals surface area contributed by atoms with E-state index in [1.807, 2.05) is 31.2 Å². The first kappa shape index (κ1) is 15.3. The monoisotopic (exact) mass is 350 g/mol. The number of aryl methyl sites for hydroxylation is 1. The zero-order valence-corrected chi connectivity index (χ0v) is 13.3. The molecule has 110 valence electrons. The summed E-state index contributed by atoms with van der Waals surface area (Å²) in [7, 11) is 1.63. The van der Waals surface area contributed by atoms with Gasteiger partial charge in [-0.25, -0.2) is 0 Å². The molecule has 5 nitrogen and oxygen atoms in total. The second kappa shape index (κ2) is 6.58. The van der Waals surface area contributed by atoms with Crippen LogP contribution in [0.2, 0.25) is 0 Å². The third kappa shape index (κ3) is 3.52. The number of rotatable bonds is 5. The van der Waals surface area contributed by atoms with Crippen LogP contribution in [0.15, 0.2) is 40.9 Å².